The van der Waals surface area contributed by atoms with Crippen LogP contribution < -0.4 is 24.7 Å². The third-order valence-electron chi connectivity index (χ3n) is 1.68. The van der Waals surface area contributed by atoms with E-state index in [1.807, 2.05) is 0 Å². The quantitative estimate of drug-likeness (QED) is 0.237. The molecule has 0 aliphatic carbocycles. The summed E-state index contributed by atoms with van der Waals surface area (Å²) >= 11 is 0.0802. The normalized spacial score (nSPS) is 12.6. The Kier molecular flexibility index (Phi) is 3.70. The predicted molar refractivity (Wildman–Crippen MR) is 37.0 cm³/mol. The summed E-state index contributed by atoms with van der Waals surface area (Å²) in [4.78, 5) is 0. The minimum atomic E-state index is 0.0802. The number of nitrogens with one attached hydrogen (secondary N) is 1. The van der Waals surface area contributed by atoms with Crippen LogP contribution in [0.25, 0.3) is 0 Å². The molecule has 0 spiro atoms. The van der Waals surface area contributed by atoms with Gasteiger partial charge in [-0.05, 0) is 0 Å². The van der Waals surface area contributed by atoms with E-state index in [-0.39, 0.29) is 21.5 Å². The van der Waals surface area contributed by atoms with Gasteiger partial charge in [0.1, 0.15) is 0 Å². The number of hydrogen-bond acceptors (Lipinski definition) is 0. The molecule has 0 aromatic rings. The first-order valence-electron chi connectivity index (χ1n) is 3.17. The van der Waals surface area contributed by atoms with Gasteiger partial charge in [0.15, 0.2) is 0 Å². The topological polar surface area (TPSA) is 14.0 Å². The molecule has 0 atom stereocenters. The fourth-order valence-electron chi connectivity index (χ4n) is 0.281. The van der Waals surface area contributed by atoms with E-state index in [4.69, 9.17) is 0 Å². The molecule has 1 N–H and O–H groups in total. The van der Waals surface area contributed by atoms with Gasteiger partial charge in [0, 0.05) is 0 Å². The molecule has 0 bridgehead atoms. The second-order valence-electron chi connectivity index (χ2n) is 2.95. The molecule has 56 valence electrons. The molecule has 0 aromatic heterocycles. The van der Waals surface area contributed by atoms with E-state index in [1.165, 1.54) is 0 Å². The summed E-state index contributed by atoms with van der Waals surface area (Å²) in [5.41, 5.74) is 0. The van der Waals surface area contributed by atoms with Crippen LogP contribution in [0.5, 0.6) is 0 Å². The second kappa shape index (κ2) is 3.54. The molecule has 0 unspecified atom stereocenters. The summed E-state index contributed by atoms with van der Waals surface area (Å²) in [6.45, 7) is 12.8. The Bertz CT molecular complexity index is 97.1. The van der Waals surface area contributed by atoms with Crippen LogP contribution in [0.4, 0.5) is 0 Å². The zero-order valence-corrected chi connectivity index (χ0v) is 8.82. The van der Waals surface area contributed by atoms with Crippen molar-refractivity contribution >= 4 is 6.72 Å². The maximum absolute atomic E-state index is 3.65. The van der Waals surface area contributed by atoms with Gasteiger partial charge in [-0.1, -0.05) is 0 Å². The van der Waals surface area contributed by atoms with Gasteiger partial charge in [-0.2, -0.15) is 0 Å². The van der Waals surface area contributed by atoms with Crippen molar-refractivity contribution in [2.45, 2.75) is 31.1 Å². The number of rotatable bonds is 3. The Morgan fingerprint density at radius 2 is 1.89 bits per heavy atom. The Morgan fingerprint density at radius 1 is 1.44 bits per heavy atom. The van der Waals surface area contributed by atoms with Crippen molar-refractivity contribution in [2.24, 2.45) is 5.92 Å². The van der Waals surface area contributed by atoms with Crippen LogP contribution in [-0.2, 0) is 0 Å². The van der Waals surface area contributed by atoms with Crippen LogP contribution in [0, 0.1) is 5.92 Å². The summed E-state index contributed by atoms with van der Waals surface area (Å²) in [5.74, 6) is 0.763. The average molecular weight is 241 g/mol. The minimum absolute atomic E-state index is 0.0802. The van der Waals surface area contributed by atoms with Gasteiger partial charge in [0.05, 0.1) is 0 Å². The predicted octanol–water partition coefficient (Wildman–Crippen LogP) is -2.79. The zero-order chi connectivity index (χ0) is 7.49. The molecule has 0 aromatic carbocycles. The molecule has 0 fully saturated rings. The molecule has 0 saturated heterocycles. The Balaban J connectivity index is 3.84. The third kappa shape index (κ3) is 3.18. The molecule has 9 heavy (non-hydrogen) atoms. The molecule has 2 heteroatoms. The van der Waals surface area contributed by atoms with Crippen molar-refractivity contribution in [3.05, 3.63) is 0 Å². The molecular formula is C7H16IN. The van der Waals surface area contributed by atoms with E-state index in [9.17, 15) is 0 Å². The van der Waals surface area contributed by atoms with Crippen molar-refractivity contribution in [2.75, 3.05) is 0 Å². The van der Waals surface area contributed by atoms with Gasteiger partial charge < -0.3 is 0 Å². The maximum atomic E-state index is 3.65. The van der Waals surface area contributed by atoms with E-state index < -0.39 is 0 Å². The molecule has 0 aliphatic heterocycles. The monoisotopic (exact) mass is 241 g/mol. The number of halogens is 1. The fourth-order valence-corrected chi connectivity index (χ4v) is 1.89. The molecule has 0 radical (unpaired) electrons. The number of alkyl halides is 1. The van der Waals surface area contributed by atoms with Crippen LogP contribution in [0.2, 0.25) is 0 Å². The average Bonchev–Trinajstić information content (AvgIpc) is 1.65. The summed E-state index contributed by atoms with van der Waals surface area (Å²) in [6, 6.07) is 0. The summed E-state index contributed by atoms with van der Waals surface area (Å²) in [5, 5.41) is 0. The Labute approximate surface area is 68.6 Å². The first kappa shape index (κ1) is 9.40. The molecule has 0 saturated carbocycles. The summed E-state index contributed by atoms with van der Waals surface area (Å²) in [7, 11) is 0. The van der Waals surface area contributed by atoms with E-state index in [0.717, 1.165) is 5.92 Å². The third-order valence-corrected chi connectivity index (χ3v) is 4.70. The van der Waals surface area contributed by atoms with Gasteiger partial charge in [0.25, 0.3) is 0 Å². The second-order valence-corrected chi connectivity index (χ2v) is 7.03. The van der Waals surface area contributed by atoms with E-state index in [2.05, 4.69) is 37.6 Å². The van der Waals surface area contributed by atoms with Gasteiger partial charge >= 0.3 is 68.4 Å². The van der Waals surface area contributed by atoms with Gasteiger partial charge in [-0.25, -0.2) is 0 Å². The molecular weight excluding hydrogens is 225 g/mol. The Morgan fingerprint density at radius 3 is 2.00 bits per heavy atom. The van der Waals surface area contributed by atoms with Gasteiger partial charge in [0.2, 0.25) is 0 Å². The summed E-state index contributed by atoms with van der Waals surface area (Å²) < 4.78 is 3.54. The van der Waals surface area contributed by atoms with E-state index in [0.29, 0.717) is 3.42 Å². The van der Waals surface area contributed by atoms with Crippen LogP contribution in [0.1, 0.15) is 27.7 Å². The summed E-state index contributed by atoms with van der Waals surface area (Å²) in [6.07, 6.45) is 0. The van der Waals surface area contributed by atoms with Crippen LogP contribution in [0.3, 0.4) is 0 Å². The van der Waals surface area contributed by atoms with Crippen molar-refractivity contribution in [3.8, 4) is 0 Å². The van der Waals surface area contributed by atoms with E-state index in [1.54, 1.807) is 0 Å². The molecule has 0 heterocycles. The van der Waals surface area contributed by atoms with Crippen molar-refractivity contribution in [1.82, 2.24) is 0 Å². The van der Waals surface area contributed by atoms with Crippen LogP contribution in [0.15, 0.2) is 0 Å². The molecule has 0 rings (SSSR count). The zero-order valence-electron chi connectivity index (χ0n) is 6.66. The van der Waals surface area contributed by atoms with E-state index >= 15 is 0 Å². The molecule has 0 amide bonds. The van der Waals surface area contributed by atoms with Gasteiger partial charge in [-0.3, -0.25) is 0 Å². The van der Waals surface area contributed by atoms with Gasteiger partial charge in [-0.15, -0.1) is 0 Å². The van der Waals surface area contributed by atoms with Crippen LogP contribution >= 0.6 is 0 Å². The van der Waals surface area contributed by atoms with Crippen molar-refractivity contribution in [3.63, 3.8) is 0 Å². The number of hydrogen-bond donors (Lipinski definition) is 1. The standard InChI is InChI=1S/C7H16IN/c1-6(2)7(3,4)8-9-5/h6,9H,5H2,1-4H3. The molecule has 0 aliphatic rings. The van der Waals surface area contributed by atoms with Crippen LogP contribution in [-0.4, -0.2) is 10.1 Å². The SMILES string of the molecule is C=[NH+][I-]C(C)(C)C(C)C. The molecule has 1 nitrogen and oxygen atoms in total. The first-order valence-corrected chi connectivity index (χ1v) is 5.33. The first-order chi connectivity index (χ1) is 4.00. The Hall–Kier alpha value is 0.400. The van der Waals surface area contributed by atoms with Crippen molar-refractivity contribution < 1.29 is 24.7 Å². The van der Waals surface area contributed by atoms with Crippen molar-refractivity contribution in [1.29, 1.82) is 0 Å². The fraction of sp³-hybridized carbons (Fsp3) is 0.857.